The third kappa shape index (κ3) is 4.12. The minimum atomic E-state index is -1.08. The van der Waals surface area contributed by atoms with Crippen molar-refractivity contribution in [3.63, 3.8) is 0 Å². The first kappa shape index (κ1) is 20.2. The zero-order chi connectivity index (χ0) is 20.6. The lowest BCUT2D eigenvalue weighted by molar-refractivity contribution is 0.0899. The summed E-state index contributed by atoms with van der Waals surface area (Å²) in [5, 5.41) is 10.4. The van der Waals surface area contributed by atoms with E-state index in [0.717, 1.165) is 56.1 Å². The second kappa shape index (κ2) is 7.61. The molecule has 0 aromatic carbocycles. The van der Waals surface area contributed by atoms with Gasteiger partial charge in [-0.1, -0.05) is 26.6 Å². The Morgan fingerprint density at radius 1 is 1.31 bits per heavy atom. The molecule has 0 unspecified atom stereocenters. The van der Waals surface area contributed by atoms with E-state index in [-0.39, 0.29) is 5.41 Å². The van der Waals surface area contributed by atoms with Crippen molar-refractivity contribution in [1.82, 2.24) is 19.4 Å². The van der Waals surface area contributed by atoms with E-state index in [1.165, 1.54) is 6.04 Å². The van der Waals surface area contributed by atoms with Crippen molar-refractivity contribution in [1.29, 1.82) is 5.26 Å². The highest BCUT2D eigenvalue weighted by atomic mass is 28.3. The van der Waals surface area contributed by atoms with Gasteiger partial charge in [-0.2, -0.15) is 5.26 Å². The fraction of sp³-hybridized carbons (Fsp3) is 0.667. The highest BCUT2D eigenvalue weighted by Gasteiger charge is 2.46. The van der Waals surface area contributed by atoms with Crippen LogP contribution in [0.3, 0.4) is 0 Å². The van der Waals surface area contributed by atoms with Gasteiger partial charge in [0.05, 0.1) is 5.39 Å². The predicted octanol–water partition coefficient (Wildman–Crippen LogP) is 3.37. The lowest BCUT2D eigenvalue weighted by Gasteiger charge is -2.42. The summed E-state index contributed by atoms with van der Waals surface area (Å²) in [6.07, 6.45) is 7.16. The van der Waals surface area contributed by atoms with E-state index >= 15 is 0 Å². The van der Waals surface area contributed by atoms with Crippen molar-refractivity contribution in [2.24, 2.45) is 11.3 Å². The number of piperidine rings is 1. The SMILES string of the molecule is C[C@]12CN(C#N)C[C@H]1CCN(c1ncnc3c1ccn3COCC[Si](C)(C)C)C2. The maximum atomic E-state index is 9.32. The maximum Gasteiger partial charge on any atom is 0.179 e. The van der Waals surface area contributed by atoms with Gasteiger partial charge >= 0.3 is 0 Å². The van der Waals surface area contributed by atoms with Gasteiger partial charge in [-0.25, -0.2) is 9.97 Å². The molecule has 0 bridgehead atoms. The van der Waals surface area contributed by atoms with E-state index in [9.17, 15) is 5.26 Å². The molecule has 0 N–H and O–H groups in total. The van der Waals surface area contributed by atoms with Crippen molar-refractivity contribution < 1.29 is 4.74 Å². The molecule has 2 atom stereocenters. The van der Waals surface area contributed by atoms with Crippen LogP contribution in [0.15, 0.2) is 18.6 Å². The number of hydrogen-bond acceptors (Lipinski definition) is 6. The number of fused-ring (bicyclic) bond motifs is 2. The molecule has 2 aromatic heterocycles. The maximum absolute atomic E-state index is 9.32. The minimum absolute atomic E-state index is 0.133. The molecule has 2 fully saturated rings. The Bertz CT molecular complexity index is 916. The van der Waals surface area contributed by atoms with Crippen molar-refractivity contribution in [2.45, 2.75) is 45.8 Å². The largest absolute Gasteiger partial charge is 0.361 e. The second-order valence-corrected chi connectivity index (χ2v) is 15.7. The fourth-order valence-electron chi connectivity index (χ4n) is 4.71. The summed E-state index contributed by atoms with van der Waals surface area (Å²) in [6.45, 7) is 14.4. The van der Waals surface area contributed by atoms with E-state index in [4.69, 9.17) is 4.74 Å². The van der Waals surface area contributed by atoms with Crippen molar-refractivity contribution in [3.8, 4) is 6.19 Å². The molecule has 29 heavy (non-hydrogen) atoms. The summed E-state index contributed by atoms with van der Waals surface area (Å²) in [5.41, 5.74) is 1.06. The van der Waals surface area contributed by atoms with E-state index < -0.39 is 8.07 Å². The smallest absolute Gasteiger partial charge is 0.179 e. The molecule has 0 saturated carbocycles. The Kier molecular flexibility index (Phi) is 5.30. The van der Waals surface area contributed by atoms with Gasteiger partial charge in [-0.15, -0.1) is 0 Å². The molecule has 2 saturated heterocycles. The van der Waals surface area contributed by atoms with Crippen molar-refractivity contribution >= 4 is 24.9 Å². The molecular weight excluding hydrogens is 380 g/mol. The van der Waals surface area contributed by atoms with Gasteiger partial charge in [0.15, 0.2) is 6.19 Å². The minimum Gasteiger partial charge on any atom is -0.361 e. The van der Waals surface area contributed by atoms with Gasteiger partial charge in [0.1, 0.15) is 24.5 Å². The molecule has 4 heterocycles. The third-order valence-electron chi connectivity index (χ3n) is 6.48. The fourth-order valence-corrected chi connectivity index (χ4v) is 5.46. The average Bonchev–Trinajstić information content (AvgIpc) is 3.24. The van der Waals surface area contributed by atoms with Crippen LogP contribution in [0.25, 0.3) is 11.0 Å². The number of hydrogen-bond donors (Lipinski definition) is 0. The first-order valence-corrected chi connectivity index (χ1v) is 14.3. The Labute approximate surface area is 174 Å². The van der Waals surface area contributed by atoms with Crippen molar-refractivity contribution in [3.05, 3.63) is 18.6 Å². The number of nitrogens with zero attached hydrogens (tertiary/aromatic N) is 6. The van der Waals surface area contributed by atoms with Gasteiger partial charge in [0.25, 0.3) is 0 Å². The van der Waals surface area contributed by atoms with Crippen LogP contribution in [0.2, 0.25) is 25.7 Å². The Hall–Kier alpha value is -2.11. The Morgan fingerprint density at radius 3 is 2.90 bits per heavy atom. The van der Waals surface area contributed by atoms with Crippen LogP contribution < -0.4 is 4.90 Å². The summed E-state index contributed by atoms with van der Waals surface area (Å²) >= 11 is 0. The number of aromatic nitrogens is 3. The molecule has 2 aliphatic heterocycles. The zero-order valence-corrected chi connectivity index (χ0v) is 19.1. The summed E-state index contributed by atoms with van der Waals surface area (Å²) < 4.78 is 8.01. The molecule has 2 aromatic rings. The summed E-state index contributed by atoms with van der Waals surface area (Å²) in [5.74, 6) is 1.59. The Morgan fingerprint density at radius 2 is 2.14 bits per heavy atom. The predicted molar refractivity (Wildman–Crippen MR) is 117 cm³/mol. The van der Waals surface area contributed by atoms with Crippen molar-refractivity contribution in [2.75, 3.05) is 37.7 Å². The highest BCUT2D eigenvalue weighted by molar-refractivity contribution is 6.76. The first-order chi connectivity index (χ1) is 13.8. The molecule has 8 heteroatoms. The number of likely N-dealkylation sites (tertiary alicyclic amines) is 1. The normalized spacial score (nSPS) is 24.7. The van der Waals surface area contributed by atoms with Gasteiger partial charge in [0.2, 0.25) is 0 Å². The van der Waals surface area contributed by atoms with Gasteiger partial charge < -0.3 is 19.1 Å². The highest BCUT2D eigenvalue weighted by Crippen LogP contribution is 2.43. The van der Waals surface area contributed by atoms with Crippen LogP contribution in [0, 0.1) is 22.8 Å². The molecule has 0 spiro atoms. The average molecular weight is 413 g/mol. The van der Waals surface area contributed by atoms with Gasteiger partial charge in [-0.3, -0.25) is 0 Å². The number of ether oxygens (including phenoxy) is 1. The van der Waals surface area contributed by atoms with Crippen LogP contribution in [0.4, 0.5) is 5.82 Å². The molecule has 2 aliphatic rings. The number of anilines is 1. The molecule has 4 rings (SSSR count). The molecule has 0 amide bonds. The Balaban J connectivity index is 1.49. The molecule has 0 aliphatic carbocycles. The number of rotatable bonds is 6. The van der Waals surface area contributed by atoms with E-state index in [0.29, 0.717) is 12.6 Å². The van der Waals surface area contributed by atoms with Crippen LogP contribution in [0.5, 0.6) is 0 Å². The van der Waals surface area contributed by atoms with Crippen LogP contribution in [-0.4, -0.2) is 60.3 Å². The molecular formula is C21H32N6OSi. The van der Waals surface area contributed by atoms with Gasteiger partial charge in [0, 0.05) is 52.5 Å². The van der Waals surface area contributed by atoms with E-state index in [1.807, 2.05) is 4.90 Å². The molecule has 156 valence electrons. The van der Waals surface area contributed by atoms with Crippen LogP contribution in [-0.2, 0) is 11.5 Å². The quantitative estimate of drug-likeness (QED) is 0.412. The van der Waals surface area contributed by atoms with E-state index in [1.54, 1.807) is 6.33 Å². The number of nitriles is 1. The first-order valence-electron chi connectivity index (χ1n) is 10.6. The summed E-state index contributed by atoms with van der Waals surface area (Å²) in [7, 11) is -1.08. The summed E-state index contributed by atoms with van der Waals surface area (Å²) in [6, 6.07) is 3.27. The topological polar surface area (TPSA) is 70.2 Å². The standard InChI is InChI=1S/C21H32N6OSi/c1-21-12-25(14-22)11-17(21)5-7-26(13-21)19-18-6-8-27(20(18)24-15-23-19)16-28-9-10-29(2,3)4/h6,8,15,17H,5,7,9-13,16H2,1-4H3/t17-,21-/m1/s1. The third-order valence-corrected chi connectivity index (χ3v) is 8.18. The lowest BCUT2D eigenvalue weighted by Crippen LogP contribution is -2.47. The molecule has 0 radical (unpaired) electrons. The van der Waals surface area contributed by atoms with Gasteiger partial charge in [-0.05, 0) is 24.4 Å². The molecule has 7 nitrogen and oxygen atoms in total. The lowest BCUT2D eigenvalue weighted by atomic mass is 9.75. The zero-order valence-electron chi connectivity index (χ0n) is 18.1. The second-order valence-electron chi connectivity index (χ2n) is 10.1. The van der Waals surface area contributed by atoms with Crippen LogP contribution >= 0.6 is 0 Å². The van der Waals surface area contributed by atoms with E-state index in [2.05, 4.69) is 64.5 Å². The summed E-state index contributed by atoms with van der Waals surface area (Å²) in [4.78, 5) is 13.5. The van der Waals surface area contributed by atoms with Crippen LogP contribution in [0.1, 0.15) is 13.3 Å². The monoisotopic (exact) mass is 412 g/mol.